The van der Waals surface area contributed by atoms with Crippen molar-refractivity contribution in [1.29, 1.82) is 0 Å². The third kappa shape index (κ3) is 3.85. The van der Waals surface area contributed by atoms with Gasteiger partial charge in [0.1, 0.15) is 0 Å². The van der Waals surface area contributed by atoms with Crippen molar-refractivity contribution in [2.75, 3.05) is 13.2 Å². The highest BCUT2D eigenvalue weighted by Crippen LogP contribution is 2.64. The number of benzene rings is 2. The molecule has 7 heteroatoms. The summed E-state index contributed by atoms with van der Waals surface area (Å²) in [6.45, 7) is 1.85. The smallest absolute Gasteiger partial charge is 0.305 e. The van der Waals surface area contributed by atoms with Crippen LogP contribution in [0.2, 0.25) is 0 Å². The molecule has 0 saturated heterocycles. The molecule has 0 aliphatic carbocycles. The molecule has 0 saturated carbocycles. The fourth-order valence-corrected chi connectivity index (χ4v) is 15.5. The fourth-order valence-electron chi connectivity index (χ4n) is 4.55. The summed E-state index contributed by atoms with van der Waals surface area (Å²) >= 11 is 3.40. The van der Waals surface area contributed by atoms with Crippen LogP contribution in [0.3, 0.4) is 0 Å². The summed E-state index contributed by atoms with van der Waals surface area (Å²) in [6.07, 6.45) is 2.12. The average molecular weight is 525 g/mol. The van der Waals surface area contributed by atoms with E-state index in [0.29, 0.717) is 13.2 Å². The van der Waals surface area contributed by atoms with Crippen molar-refractivity contribution >= 4 is 63.0 Å². The summed E-state index contributed by atoms with van der Waals surface area (Å²) in [5, 5.41) is 9.46. The molecule has 0 spiro atoms. The van der Waals surface area contributed by atoms with Gasteiger partial charge in [-0.05, 0) is 69.9 Å². The van der Waals surface area contributed by atoms with Crippen LogP contribution in [-0.4, -0.2) is 18.2 Å². The maximum atomic E-state index is 14.7. The normalized spacial score (nSPS) is 15.1. The van der Waals surface area contributed by atoms with E-state index in [-0.39, 0.29) is 0 Å². The third-order valence-corrected chi connectivity index (χ3v) is 15.7. The van der Waals surface area contributed by atoms with Crippen molar-refractivity contribution in [3.63, 3.8) is 0 Å². The van der Waals surface area contributed by atoms with Crippen LogP contribution in [0.5, 0.6) is 0 Å². The minimum absolute atomic E-state index is 0.309. The minimum Gasteiger partial charge on any atom is -0.305 e. The second kappa shape index (κ2) is 9.95. The molecular weight excluding hydrogens is 498 g/mol. The zero-order valence-corrected chi connectivity index (χ0v) is 22.5. The molecule has 0 N–H and O–H groups in total. The summed E-state index contributed by atoms with van der Waals surface area (Å²) in [6, 6.07) is 25.3. The molecule has 0 unspecified atom stereocenters. The molecule has 3 nitrogen and oxygen atoms in total. The monoisotopic (exact) mass is 524 g/mol. The third-order valence-electron chi connectivity index (χ3n) is 5.85. The van der Waals surface area contributed by atoms with Gasteiger partial charge in [-0.15, -0.1) is 11.3 Å². The van der Waals surface area contributed by atoms with E-state index in [1.54, 1.807) is 22.7 Å². The number of hydrogen-bond acceptors (Lipinski definition) is 5. The summed E-state index contributed by atoms with van der Waals surface area (Å²) in [5.41, 5.74) is 3.41. The van der Waals surface area contributed by atoms with Gasteiger partial charge >= 0.3 is 7.60 Å². The van der Waals surface area contributed by atoms with Gasteiger partial charge < -0.3 is 9.05 Å². The van der Waals surface area contributed by atoms with E-state index in [0.717, 1.165) is 26.8 Å². The molecule has 1 aliphatic rings. The number of allylic oxidation sites excluding steroid dienone is 1. The van der Waals surface area contributed by atoms with Gasteiger partial charge in [-0.3, -0.25) is 4.57 Å². The van der Waals surface area contributed by atoms with Crippen LogP contribution in [0.25, 0.3) is 5.57 Å². The second-order valence-electron chi connectivity index (χ2n) is 7.74. The number of thiophene rings is 2. The van der Waals surface area contributed by atoms with E-state index in [1.807, 2.05) is 26.0 Å². The van der Waals surface area contributed by atoms with E-state index in [1.165, 1.54) is 10.2 Å². The van der Waals surface area contributed by atoms with Crippen LogP contribution in [0.15, 0.2) is 95.0 Å². The second-order valence-corrected chi connectivity index (χ2v) is 15.4. The van der Waals surface area contributed by atoms with Gasteiger partial charge in [-0.25, -0.2) is 0 Å². The summed E-state index contributed by atoms with van der Waals surface area (Å²) in [5.74, 6) is 0. The first-order valence-electron chi connectivity index (χ1n) is 11.2. The Balaban J connectivity index is 2.03. The van der Waals surface area contributed by atoms with Crippen LogP contribution in [0.1, 0.15) is 25.0 Å². The molecule has 174 valence electrons. The van der Waals surface area contributed by atoms with E-state index in [9.17, 15) is 4.57 Å². The lowest BCUT2D eigenvalue weighted by Gasteiger charge is -2.36. The maximum Gasteiger partial charge on any atom is 0.362 e. The van der Waals surface area contributed by atoms with Gasteiger partial charge in [0, 0.05) is 17.1 Å². The van der Waals surface area contributed by atoms with E-state index in [4.69, 9.17) is 9.05 Å². The SMILES string of the molecule is CCOP(=O)(OCC)C1=P(c2ccccc2)(c2ccccc2)c2sccc2C(c2ccsc2)=C1. The molecule has 1 aliphatic heterocycles. The van der Waals surface area contributed by atoms with Crippen molar-refractivity contribution in [3.8, 4) is 0 Å². The zero-order chi connectivity index (χ0) is 23.6. The topological polar surface area (TPSA) is 35.5 Å². The Hall–Kier alpha value is -1.97. The Labute approximate surface area is 209 Å². The summed E-state index contributed by atoms with van der Waals surface area (Å²) < 4.78 is 28.0. The Morgan fingerprint density at radius 3 is 1.97 bits per heavy atom. The number of fused-ring (bicyclic) bond motifs is 1. The van der Waals surface area contributed by atoms with Crippen LogP contribution < -0.4 is 15.2 Å². The molecule has 0 fully saturated rings. The van der Waals surface area contributed by atoms with Gasteiger partial charge in [0.25, 0.3) is 0 Å². The van der Waals surface area contributed by atoms with Crippen molar-refractivity contribution < 1.29 is 13.6 Å². The maximum absolute atomic E-state index is 14.7. The Morgan fingerprint density at radius 2 is 1.44 bits per heavy atom. The lowest BCUT2D eigenvalue weighted by atomic mass is 10.0. The quantitative estimate of drug-likeness (QED) is 0.234. The van der Waals surface area contributed by atoms with Gasteiger partial charge in [0.05, 0.1) is 18.2 Å². The molecule has 3 heterocycles. The Kier molecular flexibility index (Phi) is 6.95. The molecule has 2 aromatic heterocycles. The van der Waals surface area contributed by atoms with Crippen LogP contribution in [-0.2, 0) is 13.6 Å². The fraction of sp³-hybridized carbons (Fsp3) is 0.148. The van der Waals surface area contributed by atoms with Gasteiger partial charge in [-0.2, -0.15) is 11.3 Å². The highest BCUT2D eigenvalue weighted by Gasteiger charge is 2.44. The lowest BCUT2D eigenvalue weighted by molar-refractivity contribution is 0.233. The number of rotatable bonds is 8. The van der Waals surface area contributed by atoms with Crippen LogP contribution in [0, 0.1) is 0 Å². The van der Waals surface area contributed by atoms with Crippen molar-refractivity contribution in [1.82, 2.24) is 0 Å². The van der Waals surface area contributed by atoms with E-state index < -0.39 is 14.5 Å². The first kappa shape index (κ1) is 23.8. The van der Waals surface area contributed by atoms with Crippen molar-refractivity contribution in [3.05, 3.63) is 106 Å². The highest BCUT2D eigenvalue weighted by molar-refractivity contribution is 8.08. The van der Waals surface area contributed by atoms with Crippen molar-refractivity contribution in [2.45, 2.75) is 13.8 Å². The van der Waals surface area contributed by atoms with E-state index >= 15 is 0 Å². The lowest BCUT2D eigenvalue weighted by Crippen LogP contribution is -2.32. The van der Waals surface area contributed by atoms with Crippen LogP contribution in [0.4, 0.5) is 0 Å². The van der Waals surface area contributed by atoms with Gasteiger partial charge in [-0.1, -0.05) is 60.7 Å². The molecule has 4 aromatic rings. The first-order valence-corrected chi connectivity index (χ1v) is 16.4. The predicted octanol–water partition coefficient (Wildman–Crippen LogP) is 6.94. The Bertz CT molecular complexity index is 1350. The summed E-state index contributed by atoms with van der Waals surface area (Å²) in [7, 11) is -3.62. The minimum atomic E-state index is -3.62. The first-order chi connectivity index (χ1) is 16.6. The predicted molar refractivity (Wildman–Crippen MR) is 150 cm³/mol. The summed E-state index contributed by atoms with van der Waals surface area (Å²) in [4.78, 5) is 0. The largest absolute Gasteiger partial charge is 0.362 e. The molecule has 0 amide bonds. The van der Waals surface area contributed by atoms with Crippen molar-refractivity contribution in [2.24, 2.45) is 0 Å². The average Bonchev–Trinajstić information content (AvgIpc) is 3.57. The van der Waals surface area contributed by atoms with Gasteiger partial charge in [0.15, 0.2) is 0 Å². The Morgan fingerprint density at radius 1 is 0.824 bits per heavy atom. The highest BCUT2D eigenvalue weighted by atomic mass is 32.1. The molecule has 5 rings (SSSR count). The van der Waals surface area contributed by atoms with Gasteiger partial charge in [0.2, 0.25) is 0 Å². The molecule has 2 aromatic carbocycles. The van der Waals surface area contributed by atoms with E-state index in [2.05, 4.69) is 82.9 Å². The zero-order valence-electron chi connectivity index (χ0n) is 19.1. The molecule has 0 radical (unpaired) electrons. The standard InChI is InChI=1S/C27H26O3P2S2/c1-3-29-32(28,30-4-2)26-19-25(21-15-17-33-20-21)24-16-18-34-27(24)31(26,22-11-7-5-8-12-22)23-13-9-6-10-14-23/h5-20H,3-4H2,1-2H3. The number of hydrogen-bond donors (Lipinski definition) is 0. The molecule has 0 bridgehead atoms. The molecule has 34 heavy (non-hydrogen) atoms. The molecule has 0 atom stereocenters. The molecular formula is C27H26O3P2S2. The van der Waals surface area contributed by atoms with Crippen LogP contribution >= 0.6 is 37.2 Å².